The number of ether oxygens (including phenoxy) is 2. The van der Waals surface area contributed by atoms with Crippen molar-refractivity contribution in [2.45, 2.75) is 13.5 Å². The van der Waals surface area contributed by atoms with Gasteiger partial charge in [0.05, 0.1) is 21.6 Å². The summed E-state index contributed by atoms with van der Waals surface area (Å²) in [5.41, 5.74) is 1.38. The van der Waals surface area contributed by atoms with Gasteiger partial charge in [-0.1, -0.05) is 45.2 Å². The van der Waals surface area contributed by atoms with Crippen molar-refractivity contribution in [3.05, 3.63) is 60.9 Å². The van der Waals surface area contributed by atoms with Crippen LogP contribution in [-0.4, -0.2) is 40.3 Å². The van der Waals surface area contributed by atoms with Gasteiger partial charge in [0.15, 0.2) is 11.5 Å². The van der Waals surface area contributed by atoms with Gasteiger partial charge in [-0.25, -0.2) is 0 Å². The summed E-state index contributed by atoms with van der Waals surface area (Å²) in [6.07, 6.45) is 1.50. The predicted octanol–water partition coefficient (Wildman–Crippen LogP) is 5.85. The molecular weight excluding hydrogens is 545 g/mol. The molecule has 1 aliphatic heterocycles. The Hall–Kier alpha value is -2.20. The third-order valence-electron chi connectivity index (χ3n) is 4.19. The molecule has 1 N–H and O–H groups in total. The lowest BCUT2D eigenvalue weighted by Crippen LogP contribution is -2.33. The van der Waals surface area contributed by atoms with Crippen LogP contribution in [0.4, 0.5) is 4.79 Å². The van der Waals surface area contributed by atoms with Crippen molar-refractivity contribution >= 4 is 74.1 Å². The zero-order valence-electron chi connectivity index (χ0n) is 16.6. The standard InChI is InChI=1S/C21H16BrCl2NO6S/c1-2-30-16-6-12(7-18-20(28)25(9-19(26)27)21(29)32-18)13(22)8-17(16)31-10-11-3-4-14(23)15(24)5-11/h3-8H,2,9-10H2,1H3,(H,26,27)/b18-7+. The van der Waals surface area contributed by atoms with E-state index in [1.807, 2.05) is 6.92 Å². The zero-order chi connectivity index (χ0) is 23.4. The average molecular weight is 561 g/mol. The summed E-state index contributed by atoms with van der Waals surface area (Å²) in [5.74, 6) is -1.03. The minimum atomic E-state index is -1.27. The molecule has 0 spiro atoms. The van der Waals surface area contributed by atoms with Crippen LogP contribution in [0.15, 0.2) is 39.7 Å². The van der Waals surface area contributed by atoms with E-state index >= 15 is 0 Å². The number of carbonyl (C=O) groups excluding carboxylic acids is 2. The second kappa shape index (κ2) is 10.6. The molecule has 2 aromatic carbocycles. The van der Waals surface area contributed by atoms with Crippen molar-refractivity contribution in [2.24, 2.45) is 0 Å². The fourth-order valence-electron chi connectivity index (χ4n) is 2.75. The maximum Gasteiger partial charge on any atom is 0.323 e. The Labute approximate surface area is 206 Å². The highest BCUT2D eigenvalue weighted by Crippen LogP contribution is 2.38. The molecule has 1 saturated heterocycles. The smallest absolute Gasteiger partial charge is 0.323 e. The van der Waals surface area contributed by atoms with Crippen molar-refractivity contribution in [1.29, 1.82) is 0 Å². The van der Waals surface area contributed by atoms with E-state index in [1.165, 1.54) is 6.08 Å². The number of aliphatic carboxylic acids is 1. The molecule has 0 radical (unpaired) electrons. The Bertz CT molecular complexity index is 1120. The van der Waals surface area contributed by atoms with Crippen LogP contribution < -0.4 is 9.47 Å². The number of hydrogen-bond acceptors (Lipinski definition) is 6. The van der Waals surface area contributed by atoms with Crippen LogP contribution in [0.3, 0.4) is 0 Å². The highest BCUT2D eigenvalue weighted by atomic mass is 79.9. The minimum Gasteiger partial charge on any atom is -0.490 e. The molecule has 32 heavy (non-hydrogen) atoms. The molecule has 0 bridgehead atoms. The molecule has 168 valence electrons. The third kappa shape index (κ3) is 5.78. The molecule has 2 aromatic rings. The van der Waals surface area contributed by atoms with E-state index in [2.05, 4.69) is 15.9 Å². The quantitative estimate of drug-likeness (QED) is 0.404. The summed E-state index contributed by atoms with van der Waals surface area (Å²) in [6.45, 7) is 1.73. The van der Waals surface area contributed by atoms with Crippen molar-refractivity contribution in [3.8, 4) is 11.5 Å². The summed E-state index contributed by atoms with van der Waals surface area (Å²) in [4.78, 5) is 36.1. The Morgan fingerprint density at radius 1 is 1.16 bits per heavy atom. The highest BCUT2D eigenvalue weighted by molar-refractivity contribution is 9.10. The van der Waals surface area contributed by atoms with Gasteiger partial charge in [0.1, 0.15) is 13.2 Å². The highest BCUT2D eigenvalue weighted by Gasteiger charge is 2.36. The fourth-order valence-corrected chi connectivity index (χ4v) is 4.33. The number of nitrogens with zero attached hydrogens (tertiary/aromatic N) is 1. The third-order valence-corrected chi connectivity index (χ3v) is 6.53. The first-order valence-electron chi connectivity index (χ1n) is 9.19. The van der Waals surface area contributed by atoms with Gasteiger partial charge >= 0.3 is 5.97 Å². The van der Waals surface area contributed by atoms with E-state index in [4.69, 9.17) is 37.8 Å². The molecule has 1 fully saturated rings. The van der Waals surface area contributed by atoms with E-state index in [0.717, 1.165) is 5.56 Å². The van der Waals surface area contributed by atoms with Gasteiger partial charge in [-0.05, 0) is 60.2 Å². The molecular formula is C21H16BrCl2NO6S. The van der Waals surface area contributed by atoms with Gasteiger partial charge in [-0.2, -0.15) is 0 Å². The topological polar surface area (TPSA) is 93.1 Å². The molecule has 0 atom stereocenters. The molecule has 0 saturated carbocycles. The molecule has 0 aliphatic carbocycles. The monoisotopic (exact) mass is 559 g/mol. The van der Waals surface area contributed by atoms with Gasteiger partial charge in [0, 0.05) is 4.47 Å². The van der Waals surface area contributed by atoms with Crippen LogP contribution in [-0.2, 0) is 16.2 Å². The van der Waals surface area contributed by atoms with Gasteiger partial charge in [0.2, 0.25) is 0 Å². The minimum absolute atomic E-state index is 0.115. The maximum absolute atomic E-state index is 12.4. The number of amides is 2. The molecule has 3 rings (SSSR count). The van der Waals surface area contributed by atoms with E-state index < -0.39 is 23.7 Å². The lowest BCUT2D eigenvalue weighted by atomic mass is 10.1. The van der Waals surface area contributed by atoms with Crippen molar-refractivity contribution in [3.63, 3.8) is 0 Å². The van der Waals surface area contributed by atoms with Crippen LogP contribution in [0.5, 0.6) is 11.5 Å². The van der Waals surface area contributed by atoms with Crippen molar-refractivity contribution < 1.29 is 29.0 Å². The molecule has 2 amide bonds. The number of imide groups is 1. The number of rotatable bonds is 8. The summed E-state index contributed by atoms with van der Waals surface area (Å²) >= 11 is 16.1. The van der Waals surface area contributed by atoms with Crippen LogP contribution >= 0.6 is 50.9 Å². The first-order chi connectivity index (χ1) is 15.2. The Balaban J connectivity index is 1.86. The Morgan fingerprint density at radius 3 is 2.53 bits per heavy atom. The van der Waals surface area contributed by atoms with Crippen LogP contribution in [0.25, 0.3) is 6.08 Å². The first kappa shape index (κ1) is 24.4. The van der Waals surface area contributed by atoms with Crippen molar-refractivity contribution in [2.75, 3.05) is 13.2 Å². The molecule has 1 heterocycles. The number of carboxylic acid groups (broad SMARTS) is 1. The number of halogens is 3. The zero-order valence-corrected chi connectivity index (χ0v) is 20.5. The van der Waals surface area contributed by atoms with Crippen molar-refractivity contribution in [1.82, 2.24) is 4.90 Å². The normalized spacial score (nSPS) is 14.9. The second-order valence-corrected chi connectivity index (χ2v) is 9.11. The molecule has 11 heteroatoms. The fraction of sp³-hybridized carbons (Fsp3) is 0.190. The maximum atomic E-state index is 12.4. The summed E-state index contributed by atoms with van der Waals surface area (Å²) in [5, 5.41) is 9.13. The van der Waals surface area contributed by atoms with Crippen LogP contribution in [0.2, 0.25) is 10.0 Å². The number of hydrogen-bond donors (Lipinski definition) is 1. The second-order valence-electron chi connectivity index (χ2n) is 6.45. The van der Waals surface area contributed by atoms with E-state index in [-0.39, 0.29) is 11.5 Å². The van der Waals surface area contributed by atoms with E-state index in [1.54, 1.807) is 30.3 Å². The molecule has 0 aromatic heterocycles. The number of benzene rings is 2. The Morgan fingerprint density at radius 2 is 1.88 bits per heavy atom. The average Bonchev–Trinajstić information content (AvgIpc) is 2.98. The van der Waals surface area contributed by atoms with Crippen LogP contribution in [0.1, 0.15) is 18.1 Å². The van der Waals surface area contributed by atoms with Gasteiger partial charge in [-0.15, -0.1) is 0 Å². The number of thioether (sulfide) groups is 1. The molecule has 7 nitrogen and oxygen atoms in total. The largest absolute Gasteiger partial charge is 0.490 e. The SMILES string of the molecule is CCOc1cc(/C=C2/SC(=O)N(CC(=O)O)C2=O)c(Br)cc1OCc1ccc(Cl)c(Cl)c1. The number of carboxylic acids is 1. The summed E-state index contributed by atoms with van der Waals surface area (Å²) in [6, 6.07) is 8.55. The van der Waals surface area contributed by atoms with Gasteiger partial charge in [0.25, 0.3) is 11.1 Å². The summed E-state index contributed by atoms with van der Waals surface area (Å²) < 4.78 is 12.2. The van der Waals surface area contributed by atoms with Gasteiger partial charge < -0.3 is 14.6 Å². The molecule has 0 unspecified atom stereocenters. The predicted molar refractivity (Wildman–Crippen MR) is 126 cm³/mol. The number of carbonyl (C=O) groups is 3. The first-order valence-corrected chi connectivity index (χ1v) is 11.6. The van der Waals surface area contributed by atoms with Gasteiger partial charge in [-0.3, -0.25) is 19.3 Å². The van der Waals surface area contributed by atoms with Crippen LogP contribution in [0, 0.1) is 0 Å². The summed E-state index contributed by atoms with van der Waals surface area (Å²) in [7, 11) is 0. The van der Waals surface area contributed by atoms with E-state index in [0.29, 0.717) is 54.8 Å². The lowest BCUT2D eigenvalue weighted by molar-refractivity contribution is -0.140. The Kier molecular flexibility index (Phi) is 8.10. The van der Waals surface area contributed by atoms with E-state index in [9.17, 15) is 14.4 Å². The lowest BCUT2D eigenvalue weighted by Gasteiger charge is -2.14. The molecule has 1 aliphatic rings.